The Labute approximate surface area is 163 Å². The summed E-state index contributed by atoms with van der Waals surface area (Å²) in [6.07, 6.45) is 0. The topological polar surface area (TPSA) is 84.2 Å². The Morgan fingerprint density at radius 3 is 1.86 bits per heavy atom. The summed E-state index contributed by atoms with van der Waals surface area (Å²) in [5, 5.41) is 9.23. The first-order valence-corrected chi connectivity index (χ1v) is 8.99. The number of anilines is 2. The predicted octanol–water partition coefficient (Wildman–Crippen LogP) is 4.79. The largest absolute Gasteiger partial charge is 0.360 e. The smallest absolute Gasteiger partial charge is 0.256 e. The lowest BCUT2D eigenvalue weighted by molar-refractivity contribution is 0.101. The van der Waals surface area contributed by atoms with Crippen LogP contribution in [-0.2, 0) is 5.41 Å². The fourth-order valence-electron chi connectivity index (χ4n) is 2.64. The number of nitrogens with one attached hydrogen (secondary N) is 2. The van der Waals surface area contributed by atoms with E-state index in [0.717, 1.165) is 5.69 Å². The van der Waals surface area contributed by atoms with Crippen LogP contribution in [0.1, 0.15) is 52.8 Å². The Morgan fingerprint density at radius 1 is 0.857 bits per heavy atom. The molecule has 1 aromatic heterocycles. The molecular formula is C22H23N3O3. The van der Waals surface area contributed by atoms with Crippen LogP contribution in [0.4, 0.5) is 11.5 Å². The molecule has 0 spiro atoms. The number of amides is 2. The predicted molar refractivity (Wildman–Crippen MR) is 109 cm³/mol. The molecule has 144 valence electrons. The molecule has 2 N–H and O–H groups in total. The van der Waals surface area contributed by atoms with Crippen molar-refractivity contribution < 1.29 is 14.1 Å². The number of aryl methyl sites for hydroxylation is 1. The summed E-state index contributed by atoms with van der Waals surface area (Å²) < 4.78 is 4.92. The van der Waals surface area contributed by atoms with Gasteiger partial charge in [-0.2, -0.15) is 0 Å². The fourth-order valence-corrected chi connectivity index (χ4v) is 2.64. The average molecular weight is 377 g/mol. The SMILES string of the molecule is Cc1cc(NC(=O)c2ccc(C(=O)Nc3ccc(C(C)(C)C)cc3)cc2)no1. The van der Waals surface area contributed by atoms with E-state index < -0.39 is 0 Å². The lowest BCUT2D eigenvalue weighted by atomic mass is 9.87. The highest BCUT2D eigenvalue weighted by atomic mass is 16.5. The van der Waals surface area contributed by atoms with Crippen molar-refractivity contribution in [2.24, 2.45) is 0 Å². The Morgan fingerprint density at radius 2 is 1.39 bits per heavy atom. The summed E-state index contributed by atoms with van der Waals surface area (Å²) in [7, 11) is 0. The molecule has 0 aliphatic carbocycles. The van der Waals surface area contributed by atoms with Gasteiger partial charge in [0, 0.05) is 22.9 Å². The van der Waals surface area contributed by atoms with Gasteiger partial charge in [0.15, 0.2) is 5.82 Å². The Kier molecular flexibility index (Phi) is 5.31. The second kappa shape index (κ2) is 7.68. The number of carbonyl (C=O) groups excluding carboxylic acids is 2. The fraction of sp³-hybridized carbons (Fsp3) is 0.227. The van der Waals surface area contributed by atoms with Crippen LogP contribution in [0, 0.1) is 6.92 Å². The Balaban J connectivity index is 1.64. The molecule has 0 fully saturated rings. The van der Waals surface area contributed by atoms with E-state index in [1.165, 1.54) is 5.56 Å². The van der Waals surface area contributed by atoms with Gasteiger partial charge in [-0.1, -0.05) is 38.1 Å². The standard InChI is InChI=1S/C22H23N3O3/c1-14-13-19(25-28-14)24-21(27)16-7-5-15(6-8-16)20(26)23-18-11-9-17(10-12-18)22(2,3)4/h5-13H,1-4H3,(H,23,26)(H,24,25,27). The molecule has 6 nitrogen and oxygen atoms in total. The molecule has 28 heavy (non-hydrogen) atoms. The number of nitrogens with zero attached hydrogens (tertiary/aromatic N) is 1. The van der Waals surface area contributed by atoms with Crippen LogP contribution in [0.25, 0.3) is 0 Å². The van der Waals surface area contributed by atoms with Crippen LogP contribution in [0.5, 0.6) is 0 Å². The van der Waals surface area contributed by atoms with Crippen molar-refractivity contribution in [3.63, 3.8) is 0 Å². The Hall–Kier alpha value is -3.41. The van der Waals surface area contributed by atoms with Crippen LogP contribution >= 0.6 is 0 Å². The first-order chi connectivity index (χ1) is 13.2. The van der Waals surface area contributed by atoms with Gasteiger partial charge >= 0.3 is 0 Å². The number of aromatic nitrogens is 1. The monoisotopic (exact) mass is 377 g/mol. The van der Waals surface area contributed by atoms with Crippen molar-refractivity contribution >= 4 is 23.3 Å². The number of benzene rings is 2. The molecule has 1 heterocycles. The van der Waals surface area contributed by atoms with Crippen molar-refractivity contribution in [3.8, 4) is 0 Å². The third-order valence-corrected chi connectivity index (χ3v) is 4.29. The maximum atomic E-state index is 12.4. The van der Waals surface area contributed by atoms with E-state index in [0.29, 0.717) is 22.7 Å². The minimum Gasteiger partial charge on any atom is -0.360 e. The highest BCUT2D eigenvalue weighted by Gasteiger charge is 2.14. The van der Waals surface area contributed by atoms with E-state index in [1.54, 1.807) is 37.3 Å². The van der Waals surface area contributed by atoms with Gasteiger partial charge in [-0.3, -0.25) is 9.59 Å². The van der Waals surface area contributed by atoms with Gasteiger partial charge in [0.25, 0.3) is 11.8 Å². The maximum Gasteiger partial charge on any atom is 0.256 e. The molecule has 0 saturated heterocycles. The van der Waals surface area contributed by atoms with Crippen LogP contribution in [-0.4, -0.2) is 17.0 Å². The molecule has 0 atom stereocenters. The van der Waals surface area contributed by atoms with Gasteiger partial charge in [0.2, 0.25) is 0 Å². The highest BCUT2D eigenvalue weighted by Crippen LogP contribution is 2.23. The van der Waals surface area contributed by atoms with E-state index in [1.807, 2.05) is 24.3 Å². The highest BCUT2D eigenvalue weighted by molar-refractivity contribution is 6.07. The molecule has 2 amide bonds. The van der Waals surface area contributed by atoms with Crippen molar-refractivity contribution in [1.82, 2.24) is 5.16 Å². The van der Waals surface area contributed by atoms with Crippen molar-refractivity contribution in [2.45, 2.75) is 33.1 Å². The van der Waals surface area contributed by atoms with Gasteiger partial charge in [-0.05, 0) is 54.3 Å². The first kappa shape index (κ1) is 19.4. The summed E-state index contributed by atoms with van der Waals surface area (Å²) in [6, 6.07) is 15.8. The van der Waals surface area contributed by atoms with Crippen LogP contribution in [0.2, 0.25) is 0 Å². The minimum absolute atomic E-state index is 0.0591. The molecular weight excluding hydrogens is 354 g/mol. The van der Waals surface area contributed by atoms with E-state index in [-0.39, 0.29) is 17.2 Å². The maximum absolute atomic E-state index is 12.4. The average Bonchev–Trinajstić information content (AvgIpc) is 3.06. The molecule has 0 bridgehead atoms. The van der Waals surface area contributed by atoms with E-state index >= 15 is 0 Å². The quantitative estimate of drug-likeness (QED) is 0.685. The summed E-state index contributed by atoms with van der Waals surface area (Å²) in [6.45, 7) is 8.17. The molecule has 3 rings (SSSR count). The van der Waals surface area contributed by atoms with Crippen LogP contribution in [0.3, 0.4) is 0 Å². The summed E-state index contributed by atoms with van der Waals surface area (Å²) in [5.41, 5.74) is 2.87. The lowest BCUT2D eigenvalue weighted by Crippen LogP contribution is -2.15. The normalized spacial score (nSPS) is 11.1. The number of hydrogen-bond donors (Lipinski definition) is 2. The third-order valence-electron chi connectivity index (χ3n) is 4.29. The van der Waals surface area contributed by atoms with Gasteiger partial charge in [0.1, 0.15) is 5.76 Å². The molecule has 0 aliphatic heterocycles. The molecule has 0 saturated carbocycles. The van der Waals surface area contributed by atoms with Crippen LogP contribution in [0.15, 0.2) is 59.1 Å². The minimum atomic E-state index is -0.321. The summed E-state index contributed by atoms with van der Waals surface area (Å²) in [5.74, 6) is 0.404. The van der Waals surface area contributed by atoms with Gasteiger partial charge < -0.3 is 15.2 Å². The zero-order valence-corrected chi connectivity index (χ0v) is 16.4. The zero-order valence-electron chi connectivity index (χ0n) is 16.4. The molecule has 0 radical (unpaired) electrons. The summed E-state index contributed by atoms with van der Waals surface area (Å²) >= 11 is 0. The van der Waals surface area contributed by atoms with Crippen molar-refractivity contribution in [1.29, 1.82) is 0 Å². The second-order valence-corrected chi connectivity index (χ2v) is 7.64. The zero-order chi connectivity index (χ0) is 20.3. The molecule has 6 heteroatoms. The van der Waals surface area contributed by atoms with E-state index in [2.05, 4.69) is 36.6 Å². The molecule has 3 aromatic rings. The summed E-state index contributed by atoms with van der Waals surface area (Å²) in [4.78, 5) is 24.7. The van der Waals surface area contributed by atoms with Gasteiger partial charge in [-0.15, -0.1) is 0 Å². The van der Waals surface area contributed by atoms with Crippen LogP contribution < -0.4 is 10.6 Å². The number of rotatable bonds is 4. The van der Waals surface area contributed by atoms with E-state index in [4.69, 9.17) is 4.52 Å². The number of hydrogen-bond acceptors (Lipinski definition) is 4. The molecule has 0 aliphatic rings. The van der Waals surface area contributed by atoms with E-state index in [9.17, 15) is 9.59 Å². The van der Waals surface area contributed by atoms with Crippen molar-refractivity contribution in [3.05, 3.63) is 77.0 Å². The lowest BCUT2D eigenvalue weighted by Gasteiger charge is -2.19. The van der Waals surface area contributed by atoms with Gasteiger partial charge in [-0.25, -0.2) is 0 Å². The third kappa shape index (κ3) is 4.65. The molecule has 0 unspecified atom stereocenters. The molecule has 2 aromatic carbocycles. The number of carbonyl (C=O) groups is 2. The van der Waals surface area contributed by atoms with Crippen molar-refractivity contribution in [2.75, 3.05) is 10.6 Å². The first-order valence-electron chi connectivity index (χ1n) is 8.99. The van der Waals surface area contributed by atoms with Gasteiger partial charge in [0.05, 0.1) is 0 Å². The Bertz CT molecular complexity index is 981. The second-order valence-electron chi connectivity index (χ2n) is 7.64.